The second kappa shape index (κ2) is 8.94. The molecule has 0 radical (unpaired) electrons. The normalized spacial score (nSPS) is 12.9. The van der Waals surface area contributed by atoms with Crippen LogP contribution in [-0.4, -0.2) is 21.1 Å². The highest BCUT2D eigenvalue weighted by Crippen LogP contribution is 2.27. The highest BCUT2D eigenvalue weighted by atomic mass is 35.5. The van der Waals surface area contributed by atoms with Gasteiger partial charge in [-0.25, -0.2) is 4.98 Å². The Bertz CT molecular complexity index is 1130. The number of aromatic nitrogens is 2. The number of hydrogen-bond donors (Lipinski definition) is 0. The molecular weight excluding hydrogens is 416 g/mol. The summed E-state index contributed by atoms with van der Waals surface area (Å²) in [6, 6.07) is 13.1. The van der Waals surface area contributed by atoms with Crippen LogP contribution in [0, 0.1) is 5.41 Å². The maximum Gasteiger partial charge on any atom is 0.266 e. The first kappa shape index (κ1) is 22.6. The van der Waals surface area contributed by atoms with Crippen molar-refractivity contribution in [3.05, 3.63) is 63.4 Å². The largest absolute Gasteiger partial charge is 0.298 e. The molecule has 158 valence electrons. The Labute approximate surface area is 186 Å². The van der Waals surface area contributed by atoms with Gasteiger partial charge in [-0.15, -0.1) is 0 Å². The number of rotatable bonds is 6. The monoisotopic (exact) mass is 442 g/mol. The Hall–Kier alpha value is -2.11. The van der Waals surface area contributed by atoms with Gasteiger partial charge in [0.1, 0.15) is 5.78 Å². The number of ketones is 1. The van der Waals surface area contributed by atoms with Gasteiger partial charge in [0.25, 0.3) is 5.56 Å². The number of benzene rings is 2. The fourth-order valence-corrected chi connectivity index (χ4v) is 4.34. The predicted octanol–water partition coefficient (Wildman–Crippen LogP) is 6.26. The molecule has 3 rings (SSSR count). The van der Waals surface area contributed by atoms with Crippen molar-refractivity contribution in [1.29, 1.82) is 0 Å². The van der Waals surface area contributed by atoms with E-state index in [2.05, 4.69) is 26.0 Å². The maximum atomic E-state index is 13.4. The summed E-state index contributed by atoms with van der Waals surface area (Å²) in [6.45, 7) is 10.0. The van der Waals surface area contributed by atoms with Crippen molar-refractivity contribution in [2.75, 3.05) is 5.75 Å². The Morgan fingerprint density at radius 2 is 1.83 bits per heavy atom. The van der Waals surface area contributed by atoms with Gasteiger partial charge in [0, 0.05) is 10.4 Å². The molecule has 2 aromatic carbocycles. The molecule has 6 heteroatoms. The molecule has 0 amide bonds. The molecular formula is C24H27ClN2O2S. The number of thioether (sulfide) groups is 1. The minimum atomic E-state index is -0.448. The molecule has 1 unspecified atom stereocenters. The van der Waals surface area contributed by atoms with Crippen molar-refractivity contribution in [3.63, 3.8) is 0 Å². The molecule has 3 aromatic rings. The molecule has 0 saturated carbocycles. The molecule has 4 nitrogen and oxygen atoms in total. The molecule has 30 heavy (non-hydrogen) atoms. The lowest BCUT2D eigenvalue weighted by Gasteiger charge is -2.18. The summed E-state index contributed by atoms with van der Waals surface area (Å²) < 4.78 is 1.59. The average molecular weight is 443 g/mol. The lowest BCUT2D eigenvalue weighted by Crippen LogP contribution is -2.25. The van der Waals surface area contributed by atoms with Crippen LogP contribution >= 0.6 is 23.4 Å². The zero-order valence-electron chi connectivity index (χ0n) is 18.0. The topological polar surface area (TPSA) is 52.0 Å². The summed E-state index contributed by atoms with van der Waals surface area (Å²) in [4.78, 5) is 30.5. The van der Waals surface area contributed by atoms with Crippen LogP contribution in [0.5, 0.6) is 0 Å². The molecule has 0 aliphatic rings. The molecule has 0 aliphatic carbocycles. The van der Waals surface area contributed by atoms with Crippen molar-refractivity contribution in [1.82, 2.24) is 9.55 Å². The summed E-state index contributed by atoms with van der Waals surface area (Å²) in [5.74, 6) is 0.796. The SMILES string of the molecule is CCC(C)c1ccc(-n2c(SCC(=O)C(C)(C)C)nc3cc(Cl)ccc3c2=O)cc1. The second-order valence-electron chi connectivity index (χ2n) is 8.56. The van der Waals surface area contributed by atoms with Gasteiger partial charge in [-0.05, 0) is 48.2 Å². The first-order valence-electron chi connectivity index (χ1n) is 10.1. The minimum absolute atomic E-state index is 0.103. The van der Waals surface area contributed by atoms with E-state index in [0.29, 0.717) is 27.0 Å². The van der Waals surface area contributed by atoms with Crippen LogP contribution in [0.2, 0.25) is 5.02 Å². The third-order valence-corrected chi connectivity index (χ3v) is 6.48. The van der Waals surface area contributed by atoms with E-state index in [0.717, 1.165) is 12.1 Å². The summed E-state index contributed by atoms with van der Waals surface area (Å²) in [7, 11) is 0. The average Bonchev–Trinajstić information content (AvgIpc) is 2.70. The second-order valence-corrected chi connectivity index (χ2v) is 9.94. The molecule has 0 bridgehead atoms. The standard InChI is InChI=1S/C24H27ClN2O2S/c1-6-15(2)16-7-10-18(11-8-16)27-22(29)19-12-9-17(25)13-20(19)26-23(27)30-14-21(28)24(3,4)5/h7-13,15H,6,14H2,1-5H3. The van der Waals surface area contributed by atoms with E-state index in [1.807, 2.05) is 32.9 Å². The van der Waals surface area contributed by atoms with E-state index in [1.165, 1.54) is 17.3 Å². The molecule has 0 saturated heterocycles. The van der Waals surface area contributed by atoms with Crippen molar-refractivity contribution in [2.45, 2.75) is 52.1 Å². The van der Waals surface area contributed by atoms with Crippen LogP contribution in [-0.2, 0) is 4.79 Å². The summed E-state index contributed by atoms with van der Waals surface area (Å²) in [5.41, 5.74) is 1.88. The van der Waals surface area contributed by atoms with Crippen LogP contribution in [0.1, 0.15) is 52.5 Å². The Morgan fingerprint density at radius 3 is 2.43 bits per heavy atom. The van der Waals surface area contributed by atoms with Gasteiger partial charge in [-0.2, -0.15) is 0 Å². The molecule has 1 atom stereocenters. The maximum absolute atomic E-state index is 13.4. The van der Waals surface area contributed by atoms with Crippen LogP contribution in [0.25, 0.3) is 16.6 Å². The number of fused-ring (bicyclic) bond motifs is 1. The lowest BCUT2D eigenvalue weighted by atomic mass is 9.92. The van der Waals surface area contributed by atoms with Crippen LogP contribution in [0.15, 0.2) is 52.4 Å². The third-order valence-electron chi connectivity index (χ3n) is 5.30. The van der Waals surface area contributed by atoms with Crippen molar-refractivity contribution < 1.29 is 4.79 Å². The third kappa shape index (κ3) is 4.79. The summed E-state index contributed by atoms with van der Waals surface area (Å²) in [5, 5.41) is 1.51. The van der Waals surface area contributed by atoms with Crippen LogP contribution in [0.3, 0.4) is 0 Å². The van der Waals surface area contributed by atoms with Crippen molar-refractivity contribution in [3.8, 4) is 5.69 Å². The predicted molar refractivity (Wildman–Crippen MR) is 126 cm³/mol. The summed E-state index contributed by atoms with van der Waals surface area (Å²) >= 11 is 7.40. The highest BCUT2D eigenvalue weighted by Gasteiger charge is 2.23. The number of nitrogens with zero attached hydrogens (tertiary/aromatic N) is 2. The number of halogens is 1. The highest BCUT2D eigenvalue weighted by molar-refractivity contribution is 7.99. The molecule has 0 aliphatic heterocycles. The Morgan fingerprint density at radius 1 is 1.17 bits per heavy atom. The lowest BCUT2D eigenvalue weighted by molar-refractivity contribution is -0.123. The Kier molecular flexibility index (Phi) is 6.73. The Balaban J connectivity index is 2.12. The zero-order chi connectivity index (χ0) is 22.1. The number of carbonyl (C=O) groups is 1. The van der Waals surface area contributed by atoms with Gasteiger partial charge in [0.15, 0.2) is 5.16 Å². The van der Waals surface area contributed by atoms with E-state index in [-0.39, 0.29) is 17.1 Å². The van der Waals surface area contributed by atoms with Gasteiger partial charge < -0.3 is 0 Å². The number of carbonyl (C=O) groups excluding carboxylic acids is 1. The van der Waals surface area contributed by atoms with Gasteiger partial charge in [-0.1, -0.05) is 70.1 Å². The minimum Gasteiger partial charge on any atom is -0.298 e. The fraction of sp³-hybridized carbons (Fsp3) is 0.375. The van der Waals surface area contributed by atoms with E-state index in [1.54, 1.807) is 22.8 Å². The first-order valence-corrected chi connectivity index (χ1v) is 11.5. The molecule has 0 N–H and O–H groups in total. The molecule has 0 fully saturated rings. The van der Waals surface area contributed by atoms with Gasteiger partial charge >= 0.3 is 0 Å². The van der Waals surface area contributed by atoms with Crippen LogP contribution < -0.4 is 5.56 Å². The van der Waals surface area contributed by atoms with E-state index < -0.39 is 5.41 Å². The molecule has 0 spiro atoms. The summed E-state index contributed by atoms with van der Waals surface area (Å²) in [6.07, 6.45) is 1.05. The number of Topliss-reactive ketones (excluding diaryl/α,β-unsaturated/α-hetero) is 1. The van der Waals surface area contributed by atoms with Crippen LogP contribution in [0.4, 0.5) is 0 Å². The smallest absolute Gasteiger partial charge is 0.266 e. The fourth-order valence-electron chi connectivity index (χ4n) is 3.00. The molecule has 1 aromatic heterocycles. The van der Waals surface area contributed by atoms with E-state index in [9.17, 15) is 9.59 Å². The molecule has 1 heterocycles. The van der Waals surface area contributed by atoms with E-state index >= 15 is 0 Å². The van der Waals surface area contributed by atoms with Gasteiger partial charge in [-0.3, -0.25) is 14.2 Å². The van der Waals surface area contributed by atoms with Gasteiger partial charge in [0.2, 0.25) is 0 Å². The quantitative estimate of drug-likeness (QED) is 0.334. The van der Waals surface area contributed by atoms with Crippen molar-refractivity contribution in [2.24, 2.45) is 5.41 Å². The first-order chi connectivity index (χ1) is 14.1. The number of hydrogen-bond acceptors (Lipinski definition) is 4. The van der Waals surface area contributed by atoms with Gasteiger partial charge in [0.05, 0.1) is 22.3 Å². The van der Waals surface area contributed by atoms with E-state index in [4.69, 9.17) is 16.6 Å². The zero-order valence-corrected chi connectivity index (χ0v) is 19.6. The van der Waals surface area contributed by atoms with Crippen molar-refractivity contribution >= 4 is 40.0 Å².